The molecule has 1 N–H and O–H groups in total. The van der Waals surface area contributed by atoms with Crippen LogP contribution < -0.4 is 0 Å². The monoisotopic (exact) mass is 378 g/mol. The molecule has 2 bridgehead atoms. The van der Waals surface area contributed by atoms with E-state index in [1.807, 2.05) is 66.7 Å². The Bertz CT molecular complexity index is 667. The molecular weight excluding hydrogens is 347 g/mol. The van der Waals surface area contributed by atoms with Crippen molar-refractivity contribution in [2.45, 2.75) is 49.8 Å². The maximum absolute atomic E-state index is 12.4. The largest absolute Gasteiger partial charge is 2.00 e. The summed E-state index contributed by atoms with van der Waals surface area (Å²) in [6, 6.07) is 22.5. The smallest absolute Gasteiger partial charge is 1.00 e. The zero-order valence-corrected chi connectivity index (χ0v) is 16.6. The molecule has 4 nitrogen and oxygen atoms in total. The second-order valence-corrected chi connectivity index (χ2v) is 7.38. The number of ether oxygens (including phenoxy) is 1. The fraction of sp³-hybridized carbons (Fsp3) is 0.435. The molecule has 2 heterocycles. The van der Waals surface area contributed by atoms with Gasteiger partial charge in [0.15, 0.2) is 0 Å². The number of piperidine rings is 1. The van der Waals surface area contributed by atoms with E-state index in [1.54, 1.807) is 0 Å². The van der Waals surface area contributed by atoms with Crippen molar-refractivity contribution >= 4 is 16.1 Å². The summed E-state index contributed by atoms with van der Waals surface area (Å²) in [6.45, 7) is -0.206. The third-order valence-corrected chi connectivity index (χ3v) is 5.67. The predicted molar refractivity (Wildman–Crippen MR) is 114 cm³/mol. The molecule has 0 aliphatic carbocycles. The molecule has 0 saturated carbocycles. The fourth-order valence-corrected chi connectivity index (χ4v) is 4.09. The van der Waals surface area contributed by atoms with Gasteiger partial charge < -0.3 is 17.6 Å². The van der Waals surface area contributed by atoms with Crippen LogP contribution in [0.1, 0.15) is 40.0 Å². The van der Waals surface area contributed by atoms with Crippen molar-refractivity contribution in [1.29, 1.82) is 0 Å². The van der Waals surface area contributed by atoms with E-state index in [0.29, 0.717) is 12.1 Å². The van der Waals surface area contributed by atoms with E-state index in [9.17, 15) is 9.90 Å². The van der Waals surface area contributed by atoms with Crippen LogP contribution >= 0.6 is 0 Å². The maximum atomic E-state index is 12.4. The van der Waals surface area contributed by atoms with Gasteiger partial charge in [-0.1, -0.05) is 66.7 Å². The molecule has 5 heteroatoms. The normalized spacial score (nSPS) is 24.3. The van der Waals surface area contributed by atoms with E-state index in [0.717, 1.165) is 18.4 Å². The minimum absolute atomic E-state index is 0. The Hall–Kier alpha value is -2.00. The van der Waals surface area contributed by atoms with Gasteiger partial charge >= 0.3 is 16.1 Å². The molecule has 0 amide bonds. The van der Waals surface area contributed by atoms with Crippen molar-refractivity contribution in [3.8, 4) is 0 Å². The first-order chi connectivity index (χ1) is 13.2. The predicted octanol–water partition coefficient (Wildman–Crippen LogP) is 3.46. The molecule has 28 heavy (non-hydrogen) atoms. The van der Waals surface area contributed by atoms with Crippen molar-refractivity contribution in [3.63, 3.8) is 0 Å². The number of carbonyl (C=O) groups excluding carboxylic acids is 1. The van der Waals surface area contributed by atoms with Crippen molar-refractivity contribution in [3.05, 3.63) is 72.3 Å². The number of aliphatic hydroxyl groups is 1. The Balaban J connectivity index is 0.000000814. The first kappa shape index (κ1) is 22.3. The van der Waals surface area contributed by atoms with E-state index in [-0.39, 0.29) is 31.7 Å². The summed E-state index contributed by atoms with van der Waals surface area (Å²) in [7, 11) is 2.17. The molecule has 0 spiro atoms. The molecule has 2 saturated heterocycles. The summed E-state index contributed by atoms with van der Waals surface area (Å²) in [6.07, 6.45) is 4.26. The molecule has 4 rings (SSSR count). The summed E-state index contributed by atoms with van der Waals surface area (Å²) in [5, 5.41) is 9.53. The number of fused-ring (bicyclic) bond motifs is 2. The van der Waals surface area contributed by atoms with E-state index >= 15 is 0 Å². The molecule has 0 aromatic heterocycles. The van der Waals surface area contributed by atoms with Gasteiger partial charge in [0.2, 0.25) is 0 Å². The minimum Gasteiger partial charge on any atom is -1.00 e. The molecular formula is C23H31BeNO3. The number of hydrogen-bond acceptors (Lipinski definition) is 4. The second kappa shape index (κ2) is 11.1. The molecule has 2 aromatic carbocycles. The van der Waals surface area contributed by atoms with Crippen molar-refractivity contribution in [2.75, 3.05) is 13.7 Å². The number of carbonyl (C=O) groups is 1. The van der Waals surface area contributed by atoms with Gasteiger partial charge in [0, 0.05) is 12.1 Å². The van der Waals surface area contributed by atoms with Gasteiger partial charge in [-0.2, -0.15) is 0 Å². The number of rotatable bonds is 4. The van der Waals surface area contributed by atoms with E-state index < -0.39 is 5.92 Å². The quantitative estimate of drug-likeness (QED) is 0.654. The molecule has 0 radical (unpaired) electrons. The molecule has 2 unspecified atom stereocenters. The average Bonchev–Trinajstić information content (AvgIpc) is 2.92. The van der Waals surface area contributed by atoms with Crippen molar-refractivity contribution < 1.29 is 17.5 Å². The Kier molecular flexibility index (Phi) is 8.84. The van der Waals surface area contributed by atoms with Crippen LogP contribution in [0.4, 0.5) is 0 Å². The van der Waals surface area contributed by atoms with Crippen LogP contribution in [0.15, 0.2) is 66.7 Å². The summed E-state index contributed by atoms with van der Waals surface area (Å²) < 4.78 is 5.70. The van der Waals surface area contributed by atoms with Gasteiger partial charge in [0.25, 0.3) is 0 Å². The van der Waals surface area contributed by atoms with Crippen LogP contribution in [-0.2, 0) is 9.53 Å². The second-order valence-electron chi connectivity index (χ2n) is 7.38. The van der Waals surface area contributed by atoms with E-state index in [2.05, 4.69) is 11.9 Å². The standard InChI is InChI=1S/C17H23NO3.C6H6.Be.2H/c1-18-13-7-8-14(18)10-15(9-13)21-17(20)16(11-19)12-5-3-2-4-6-12;1-2-4-6-5-3-1;;;/h2-6,13-16,19H,7-11H2,1H3;1-6H;;;/q;;+2;2*-1/t13-,14+,15?,16?;;;;. The molecule has 2 aliphatic heterocycles. The van der Waals surface area contributed by atoms with Crippen LogP contribution in [0.5, 0.6) is 0 Å². The topological polar surface area (TPSA) is 49.8 Å². The number of aliphatic hydroxyl groups excluding tert-OH is 1. The Morgan fingerprint density at radius 2 is 1.50 bits per heavy atom. The number of benzene rings is 2. The van der Waals surface area contributed by atoms with Crippen LogP contribution in [0.3, 0.4) is 0 Å². The van der Waals surface area contributed by atoms with Gasteiger partial charge in [0.1, 0.15) is 12.0 Å². The van der Waals surface area contributed by atoms with Gasteiger partial charge in [-0.05, 0) is 38.3 Å². The number of nitrogens with zero attached hydrogens (tertiary/aromatic N) is 1. The van der Waals surface area contributed by atoms with Gasteiger partial charge in [-0.25, -0.2) is 0 Å². The van der Waals surface area contributed by atoms with Crippen LogP contribution in [-0.4, -0.2) is 57.9 Å². The van der Waals surface area contributed by atoms with Crippen LogP contribution in [0, 0.1) is 0 Å². The zero-order valence-electron chi connectivity index (χ0n) is 18.6. The Morgan fingerprint density at radius 1 is 1.04 bits per heavy atom. The first-order valence-electron chi connectivity index (χ1n) is 9.77. The van der Waals surface area contributed by atoms with Crippen molar-refractivity contribution in [2.24, 2.45) is 0 Å². The minimum atomic E-state index is -0.566. The molecule has 4 atom stereocenters. The maximum Gasteiger partial charge on any atom is 2.00 e. The molecule has 2 aromatic rings. The summed E-state index contributed by atoms with van der Waals surface area (Å²) in [4.78, 5) is 14.8. The third-order valence-electron chi connectivity index (χ3n) is 5.67. The fourth-order valence-electron chi connectivity index (χ4n) is 4.09. The van der Waals surface area contributed by atoms with Crippen LogP contribution in [0.2, 0.25) is 0 Å². The van der Waals surface area contributed by atoms with Crippen molar-refractivity contribution in [1.82, 2.24) is 4.90 Å². The van der Waals surface area contributed by atoms with Crippen LogP contribution in [0.25, 0.3) is 0 Å². The summed E-state index contributed by atoms with van der Waals surface area (Å²) in [5.41, 5.74) is 0.820. The molecule has 2 aliphatic rings. The third kappa shape index (κ3) is 5.75. The summed E-state index contributed by atoms with van der Waals surface area (Å²) >= 11 is 0. The average molecular weight is 379 g/mol. The zero-order chi connectivity index (χ0) is 19.1. The van der Waals surface area contributed by atoms with Gasteiger partial charge in [-0.3, -0.25) is 4.79 Å². The van der Waals surface area contributed by atoms with Gasteiger partial charge in [0.05, 0.1) is 6.61 Å². The molecule has 2 fully saturated rings. The molecule has 148 valence electrons. The first-order valence-corrected chi connectivity index (χ1v) is 9.77. The number of hydrogen-bond donors (Lipinski definition) is 1. The Morgan fingerprint density at radius 3 is 1.96 bits per heavy atom. The summed E-state index contributed by atoms with van der Waals surface area (Å²) in [5.74, 6) is -0.860. The van der Waals surface area contributed by atoms with E-state index in [1.165, 1.54) is 12.8 Å². The number of esters is 1. The Labute approximate surface area is 174 Å². The van der Waals surface area contributed by atoms with E-state index in [4.69, 9.17) is 4.74 Å². The van der Waals surface area contributed by atoms with Gasteiger partial charge in [-0.15, -0.1) is 0 Å². The SMILES string of the molecule is CN1[C@@H]2CC[C@H]1CC(OC(=O)C(CO)c1ccccc1)C2.[Be+2].[H-].[H-].c1ccccc1.